The Balaban J connectivity index is 2.05. The highest BCUT2D eigenvalue weighted by atomic mass is 16.5. The SMILES string of the molecule is CCOc1ccc(NC(=O)C(C#N)Cc2ccccc2OC)cc1. The molecule has 124 valence electrons. The molecule has 0 saturated heterocycles. The van der Waals surface area contributed by atoms with E-state index in [9.17, 15) is 10.1 Å². The largest absolute Gasteiger partial charge is 0.496 e. The second-order valence-corrected chi connectivity index (χ2v) is 5.14. The average molecular weight is 324 g/mol. The first kappa shape index (κ1) is 17.4. The van der Waals surface area contributed by atoms with Crippen molar-refractivity contribution < 1.29 is 14.3 Å². The second-order valence-electron chi connectivity index (χ2n) is 5.14. The standard InChI is InChI=1S/C19H20N2O3/c1-3-24-17-10-8-16(9-11-17)21-19(22)15(13-20)12-14-6-4-5-7-18(14)23-2/h4-11,15H,3,12H2,1-2H3,(H,21,22). The number of hydrogen-bond acceptors (Lipinski definition) is 4. The van der Waals surface area contributed by atoms with E-state index < -0.39 is 5.92 Å². The molecule has 0 saturated carbocycles. The number of methoxy groups -OCH3 is 1. The highest BCUT2D eigenvalue weighted by Gasteiger charge is 2.20. The summed E-state index contributed by atoms with van der Waals surface area (Å²) in [6.45, 7) is 2.49. The normalized spacial score (nSPS) is 11.2. The number of carbonyl (C=O) groups is 1. The van der Waals surface area contributed by atoms with Crippen molar-refractivity contribution in [2.45, 2.75) is 13.3 Å². The number of benzene rings is 2. The molecule has 1 N–H and O–H groups in total. The summed E-state index contributed by atoms with van der Waals surface area (Å²) in [5, 5.41) is 12.1. The van der Waals surface area contributed by atoms with Gasteiger partial charge in [0.15, 0.2) is 0 Å². The molecule has 1 unspecified atom stereocenters. The zero-order valence-corrected chi connectivity index (χ0v) is 13.8. The third-order valence-electron chi connectivity index (χ3n) is 3.52. The molecule has 5 heteroatoms. The molecule has 0 fully saturated rings. The van der Waals surface area contributed by atoms with E-state index in [2.05, 4.69) is 11.4 Å². The number of hydrogen-bond donors (Lipinski definition) is 1. The topological polar surface area (TPSA) is 71.3 Å². The van der Waals surface area contributed by atoms with Gasteiger partial charge in [-0.05, 0) is 42.8 Å². The Bertz CT molecular complexity index is 720. The van der Waals surface area contributed by atoms with Crippen LogP contribution < -0.4 is 14.8 Å². The summed E-state index contributed by atoms with van der Waals surface area (Å²) < 4.78 is 10.6. The summed E-state index contributed by atoms with van der Waals surface area (Å²) in [5.41, 5.74) is 1.46. The van der Waals surface area contributed by atoms with Crippen molar-refractivity contribution in [1.82, 2.24) is 0 Å². The van der Waals surface area contributed by atoms with Crippen molar-refractivity contribution >= 4 is 11.6 Å². The fraction of sp³-hybridized carbons (Fsp3) is 0.263. The Labute approximate surface area is 141 Å². The van der Waals surface area contributed by atoms with Crippen LogP contribution >= 0.6 is 0 Å². The van der Waals surface area contributed by atoms with Gasteiger partial charge in [-0.25, -0.2) is 0 Å². The van der Waals surface area contributed by atoms with Crippen LogP contribution in [0.15, 0.2) is 48.5 Å². The molecule has 0 aliphatic carbocycles. The summed E-state index contributed by atoms with van der Waals surface area (Å²) in [5.74, 6) is 0.272. The minimum absolute atomic E-state index is 0.295. The molecule has 1 amide bonds. The van der Waals surface area contributed by atoms with Gasteiger partial charge in [-0.3, -0.25) is 4.79 Å². The number of ether oxygens (including phenoxy) is 2. The van der Waals surface area contributed by atoms with Gasteiger partial charge in [0.2, 0.25) is 5.91 Å². The van der Waals surface area contributed by atoms with Crippen molar-refractivity contribution in [3.63, 3.8) is 0 Å². The molecule has 0 spiro atoms. The Morgan fingerprint density at radius 1 is 1.21 bits per heavy atom. The van der Waals surface area contributed by atoms with Gasteiger partial charge in [0.1, 0.15) is 17.4 Å². The summed E-state index contributed by atoms with van der Waals surface area (Å²) in [6.07, 6.45) is 0.295. The molecule has 0 heterocycles. The molecule has 0 bridgehead atoms. The van der Waals surface area contributed by atoms with Gasteiger partial charge in [-0.2, -0.15) is 5.26 Å². The molecule has 0 aliphatic heterocycles. The van der Waals surface area contributed by atoms with Gasteiger partial charge in [0.25, 0.3) is 0 Å². The monoisotopic (exact) mass is 324 g/mol. The van der Waals surface area contributed by atoms with E-state index in [0.717, 1.165) is 11.3 Å². The molecular formula is C19H20N2O3. The molecule has 5 nitrogen and oxygen atoms in total. The maximum absolute atomic E-state index is 12.4. The van der Waals surface area contributed by atoms with E-state index in [4.69, 9.17) is 9.47 Å². The quantitative estimate of drug-likeness (QED) is 0.847. The lowest BCUT2D eigenvalue weighted by Gasteiger charge is -2.13. The van der Waals surface area contributed by atoms with Crippen LogP contribution in [0.4, 0.5) is 5.69 Å². The number of rotatable bonds is 7. The number of nitrogens with zero attached hydrogens (tertiary/aromatic N) is 1. The van der Waals surface area contributed by atoms with Gasteiger partial charge in [0.05, 0.1) is 19.8 Å². The van der Waals surface area contributed by atoms with Crippen LogP contribution in [0.3, 0.4) is 0 Å². The molecule has 2 aromatic carbocycles. The predicted molar refractivity (Wildman–Crippen MR) is 92.0 cm³/mol. The van der Waals surface area contributed by atoms with E-state index >= 15 is 0 Å². The molecule has 1 atom stereocenters. The molecular weight excluding hydrogens is 304 g/mol. The molecule has 2 aromatic rings. The average Bonchev–Trinajstić information content (AvgIpc) is 2.61. The molecule has 0 aliphatic rings. The van der Waals surface area contributed by atoms with E-state index in [-0.39, 0.29) is 5.91 Å². The third-order valence-corrected chi connectivity index (χ3v) is 3.52. The predicted octanol–water partition coefficient (Wildman–Crippen LogP) is 3.41. The fourth-order valence-electron chi connectivity index (χ4n) is 2.32. The van der Waals surface area contributed by atoms with Crippen LogP contribution in [0, 0.1) is 17.2 Å². The Morgan fingerprint density at radius 3 is 2.54 bits per heavy atom. The maximum atomic E-state index is 12.4. The van der Waals surface area contributed by atoms with E-state index in [0.29, 0.717) is 24.5 Å². The minimum atomic E-state index is -0.798. The molecule has 24 heavy (non-hydrogen) atoms. The Hall–Kier alpha value is -3.00. The van der Waals surface area contributed by atoms with Crippen molar-refractivity contribution in [3.05, 3.63) is 54.1 Å². The zero-order chi connectivity index (χ0) is 17.4. The molecule has 0 radical (unpaired) electrons. The number of amides is 1. The summed E-state index contributed by atoms with van der Waals surface area (Å²) in [7, 11) is 1.57. The smallest absolute Gasteiger partial charge is 0.242 e. The number of anilines is 1. The van der Waals surface area contributed by atoms with Crippen LogP contribution in [0.1, 0.15) is 12.5 Å². The third kappa shape index (κ3) is 4.50. The lowest BCUT2D eigenvalue weighted by Crippen LogP contribution is -2.23. The number of carbonyl (C=O) groups excluding carboxylic acids is 1. The second kappa shape index (κ2) is 8.59. The van der Waals surface area contributed by atoms with Gasteiger partial charge < -0.3 is 14.8 Å². The van der Waals surface area contributed by atoms with Gasteiger partial charge in [0, 0.05) is 12.1 Å². The van der Waals surface area contributed by atoms with Crippen LogP contribution in [0.5, 0.6) is 11.5 Å². The molecule has 2 rings (SSSR count). The number of nitrogens with one attached hydrogen (secondary N) is 1. The highest BCUT2D eigenvalue weighted by molar-refractivity contribution is 5.94. The van der Waals surface area contributed by atoms with E-state index in [1.165, 1.54) is 0 Å². The summed E-state index contributed by atoms with van der Waals surface area (Å²) in [6, 6.07) is 16.5. The molecule has 0 aromatic heterocycles. The van der Waals surface area contributed by atoms with Crippen LogP contribution in [0.2, 0.25) is 0 Å². The number of para-hydroxylation sites is 1. The first-order chi connectivity index (χ1) is 11.7. The fourth-order valence-corrected chi connectivity index (χ4v) is 2.32. The first-order valence-corrected chi connectivity index (χ1v) is 7.73. The minimum Gasteiger partial charge on any atom is -0.496 e. The van der Waals surface area contributed by atoms with Gasteiger partial charge >= 0.3 is 0 Å². The first-order valence-electron chi connectivity index (χ1n) is 7.73. The zero-order valence-electron chi connectivity index (χ0n) is 13.8. The lowest BCUT2D eigenvalue weighted by molar-refractivity contribution is -0.118. The summed E-state index contributed by atoms with van der Waals surface area (Å²) >= 11 is 0. The van der Waals surface area contributed by atoms with Gasteiger partial charge in [-0.1, -0.05) is 18.2 Å². The summed E-state index contributed by atoms with van der Waals surface area (Å²) in [4.78, 5) is 12.4. The van der Waals surface area contributed by atoms with Crippen LogP contribution in [-0.2, 0) is 11.2 Å². The lowest BCUT2D eigenvalue weighted by atomic mass is 9.99. The van der Waals surface area contributed by atoms with Crippen molar-refractivity contribution in [3.8, 4) is 17.6 Å². The number of nitriles is 1. The van der Waals surface area contributed by atoms with Crippen LogP contribution in [-0.4, -0.2) is 19.6 Å². The van der Waals surface area contributed by atoms with Crippen LogP contribution in [0.25, 0.3) is 0 Å². The highest BCUT2D eigenvalue weighted by Crippen LogP contribution is 2.22. The Morgan fingerprint density at radius 2 is 1.92 bits per heavy atom. The maximum Gasteiger partial charge on any atom is 0.242 e. The van der Waals surface area contributed by atoms with Gasteiger partial charge in [-0.15, -0.1) is 0 Å². The van der Waals surface area contributed by atoms with E-state index in [1.54, 1.807) is 31.4 Å². The van der Waals surface area contributed by atoms with E-state index in [1.807, 2.05) is 31.2 Å². The van der Waals surface area contributed by atoms with Crippen molar-refractivity contribution in [2.24, 2.45) is 5.92 Å². The van der Waals surface area contributed by atoms with Crippen molar-refractivity contribution in [1.29, 1.82) is 5.26 Å². The Kier molecular flexibility index (Phi) is 6.21. The van der Waals surface area contributed by atoms with Crippen molar-refractivity contribution in [2.75, 3.05) is 19.0 Å².